The molecule has 0 saturated carbocycles. The summed E-state index contributed by atoms with van der Waals surface area (Å²) in [6, 6.07) is 2.00. The summed E-state index contributed by atoms with van der Waals surface area (Å²) in [6.07, 6.45) is 0.637. The molecule has 1 aromatic carbocycles. The van der Waals surface area contributed by atoms with E-state index in [1.807, 2.05) is 13.0 Å². The third-order valence-corrected chi connectivity index (χ3v) is 4.84. The van der Waals surface area contributed by atoms with Crippen molar-refractivity contribution in [2.45, 2.75) is 78.2 Å². The summed E-state index contributed by atoms with van der Waals surface area (Å²) in [4.78, 5) is 11.9. The molecule has 1 aromatic rings. The molecule has 0 aromatic heterocycles. The summed E-state index contributed by atoms with van der Waals surface area (Å²) in [6.45, 7) is 16.5. The van der Waals surface area contributed by atoms with Crippen LogP contribution in [0.15, 0.2) is 6.07 Å². The van der Waals surface area contributed by atoms with Crippen molar-refractivity contribution >= 4 is 11.9 Å². The number of hydrogen-bond acceptors (Lipinski definition) is 5. The van der Waals surface area contributed by atoms with Crippen LogP contribution in [0.4, 0.5) is 0 Å². The van der Waals surface area contributed by atoms with Gasteiger partial charge in [-0.2, -0.15) is 0 Å². The molecule has 28 heavy (non-hydrogen) atoms. The van der Waals surface area contributed by atoms with Crippen LogP contribution in [0.5, 0.6) is 11.5 Å². The molecule has 0 bridgehead atoms. The molecular formula is C21H34N4O3. The number of esters is 1. The van der Waals surface area contributed by atoms with Gasteiger partial charge in [0.25, 0.3) is 0 Å². The molecule has 7 nitrogen and oxygen atoms in total. The van der Waals surface area contributed by atoms with Crippen LogP contribution >= 0.6 is 0 Å². The number of nitrogens with one attached hydrogen (secondary N) is 3. The largest absolute Gasteiger partial charge is 0.485 e. The number of ether oxygens (including phenoxy) is 2. The van der Waals surface area contributed by atoms with E-state index < -0.39 is 5.60 Å². The normalized spacial score (nSPS) is 18.9. The van der Waals surface area contributed by atoms with Crippen LogP contribution in [0.2, 0.25) is 0 Å². The summed E-state index contributed by atoms with van der Waals surface area (Å²) < 4.78 is 12.1. The molecule has 1 unspecified atom stereocenters. The minimum Gasteiger partial charge on any atom is -0.485 e. The van der Waals surface area contributed by atoms with E-state index in [4.69, 9.17) is 20.7 Å². The quantitative estimate of drug-likeness (QED) is 0.158. The summed E-state index contributed by atoms with van der Waals surface area (Å²) in [5.74, 6) is 6.43. The van der Waals surface area contributed by atoms with Crippen LogP contribution in [-0.4, -0.2) is 24.1 Å². The van der Waals surface area contributed by atoms with Gasteiger partial charge in [0.2, 0.25) is 5.96 Å². The van der Waals surface area contributed by atoms with Crippen molar-refractivity contribution in [3.05, 3.63) is 22.8 Å². The first-order valence-corrected chi connectivity index (χ1v) is 9.55. The van der Waals surface area contributed by atoms with E-state index in [9.17, 15) is 4.79 Å². The second kappa shape index (κ2) is 7.28. The van der Waals surface area contributed by atoms with E-state index in [0.717, 1.165) is 22.4 Å². The predicted molar refractivity (Wildman–Crippen MR) is 111 cm³/mol. The summed E-state index contributed by atoms with van der Waals surface area (Å²) >= 11 is 0. The molecular weight excluding hydrogens is 356 g/mol. The lowest BCUT2D eigenvalue weighted by Gasteiger charge is -2.30. The topological polar surface area (TPSA) is 109 Å². The highest BCUT2D eigenvalue weighted by Gasteiger charge is 2.42. The molecule has 0 amide bonds. The fourth-order valence-electron chi connectivity index (χ4n) is 3.65. The first-order chi connectivity index (χ1) is 12.7. The lowest BCUT2D eigenvalue weighted by molar-refractivity contribution is -0.132. The highest BCUT2D eigenvalue weighted by Crippen LogP contribution is 2.50. The van der Waals surface area contributed by atoms with E-state index in [1.54, 1.807) is 0 Å². The van der Waals surface area contributed by atoms with Gasteiger partial charge in [-0.1, -0.05) is 41.5 Å². The number of guanidine groups is 1. The van der Waals surface area contributed by atoms with Gasteiger partial charge >= 0.3 is 5.97 Å². The molecule has 0 aliphatic carbocycles. The van der Waals surface area contributed by atoms with E-state index >= 15 is 0 Å². The predicted octanol–water partition coefficient (Wildman–Crippen LogP) is 2.89. The Morgan fingerprint density at radius 1 is 1.29 bits per heavy atom. The molecule has 1 aliphatic rings. The zero-order valence-electron chi connectivity index (χ0n) is 18.3. The smallest absolute Gasteiger partial charge is 0.308 e. The Morgan fingerprint density at radius 3 is 2.36 bits per heavy atom. The van der Waals surface area contributed by atoms with Gasteiger partial charge in [-0.15, -0.1) is 0 Å². The molecule has 1 aliphatic heterocycles. The number of hydrazine groups is 1. The van der Waals surface area contributed by atoms with E-state index in [1.165, 1.54) is 6.92 Å². The molecule has 1 heterocycles. The van der Waals surface area contributed by atoms with Gasteiger partial charge in [0.15, 0.2) is 0 Å². The number of hydrogen-bond donors (Lipinski definition) is 4. The molecule has 0 saturated heterocycles. The minimum absolute atomic E-state index is 0.0350. The average molecular weight is 391 g/mol. The van der Waals surface area contributed by atoms with Crippen LogP contribution in [0.1, 0.15) is 72.1 Å². The zero-order chi connectivity index (χ0) is 21.5. The Labute approximate surface area is 167 Å². The van der Waals surface area contributed by atoms with Crippen molar-refractivity contribution < 1.29 is 14.3 Å². The second-order valence-corrected chi connectivity index (χ2v) is 9.80. The number of benzene rings is 1. The Morgan fingerprint density at radius 2 is 1.89 bits per heavy atom. The first-order valence-electron chi connectivity index (χ1n) is 9.55. The maximum atomic E-state index is 11.9. The van der Waals surface area contributed by atoms with E-state index in [-0.39, 0.29) is 22.8 Å². The fourth-order valence-corrected chi connectivity index (χ4v) is 3.65. The van der Waals surface area contributed by atoms with Crippen molar-refractivity contribution in [2.75, 3.05) is 6.54 Å². The summed E-state index contributed by atoms with van der Waals surface area (Å²) in [7, 11) is 0. The third-order valence-electron chi connectivity index (χ3n) is 4.84. The lowest BCUT2D eigenvalue weighted by Crippen LogP contribution is -2.49. The maximum absolute atomic E-state index is 11.9. The van der Waals surface area contributed by atoms with E-state index in [0.29, 0.717) is 18.7 Å². The molecule has 1 atom stereocenters. The summed E-state index contributed by atoms with van der Waals surface area (Å²) in [5.41, 5.74) is 4.25. The van der Waals surface area contributed by atoms with Gasteiger partial charge in [0.1, 0.15) is 17.1 Å². The van der Waals surface area contributed by atoms with Crippen molar-refractivity contribution in [1.29, 1.82) is 5.41 Å². The SMILES string of the molecule is CC(=O)Oc1c(C(C)(C)C)cc2c(c1C(C)(C)C)CC(C)(CNC(=N)NN)O2. The number of carbonyl (C=O) groups is 1. The van der Waals surface area contributed by atoms with E-state index in [2.05, 4.69) is 52.3 Å². The van der Waals surface area contributed by atoms with Crippen LogP contribution in [0.3, 0.4) is 0 Å². The number of rotatable bonds is 3. The molecule has 0 fully saturated rings. The van der Waals surface area contributed by atoms with Crippen LogP contribution < -0.4 is 26.1 Å². The molecule has 5 N–H and O–H groups in total. The molecule has 0 radical (unpaired) electrons. The standard InChI is InChI=1S/C21H34N4O3/c1-12(26)27-17-14(19(2,3)4)9-15-13(16(17)20(5,6)7)10-21(8,28-15)11-24-18(22)25-23/h9H,10-11,23H2,1-8H3,(H3,22,24,25). The zero-order valence-corrected chi connectivity index (χ0v) is 18.3. The number of carbonyl (C=O) groups excluding carboxylic acids is 1. The third kappa shape index (κ3) is 4.58. The Hall–Kier alpha value is -2.28. The van der Waals surface area contributed by atoms with Gasteiger partial charge in [0.05, 0.1) is 6.54 Å². The number of fused-ring (bicyclic) bond motifs is 1. The lowest BCUT2D eigenvalue weighted by atomic mass is 9.76. The molecule has 0 spiro atoms. The van der Waals surface area contributed by atoms with Crippen LogP contribution in [0.25, 0.3) is 0 Å². The van der Waals surface area contributed by atoms with Gasteiger partial charge < -0.3 is 14.8 Å². The number of nitrogens with two attached hydrogens (primary N) is 1. The Bertz CT molecular complexity index is 790. The van der Waals surface area contributed by atoms with Gasteiger partial charge in [-0.05, 0) is 23.8 Å². The van der Waals surface area contributed by atoms with Crippen molar-refractivity contribution in [3.63, 3.8) is 0 Å². The fraction of sp³-hybridized carbons (Fsp3) is 0.619. The molecule has 156 valence electrons. The Balaban J connectivity index is 2.63. The van der Waals surface area contributed by atoms with Crippen molar-refractivity contribution in [3.8, 4) is 11.5 Å². The van der Waals surface area contributed by atoms with Gasteiger partial charge in [-0.25, -0.2) is 5.84 Å². The minimum atomic E-state index is -0.546. The van der Waals surface area contributed by atoms with Crippen LogP contribution in [0, 0.1) is 5.41 Å². The highest BCUT2D eigenvalue weighted by atomic mass is 16.5. The average Bonchev–Trinajstić information content (AvgIpc) is 2.85. The molecule has 7 heteroatoms. The van der Waals surface area contributed by atoms with Crippen molar-refractivity contribution in [1.82, 2.24) is 10.7 Å². The monoisotopic (exact) mass is 390 g/mol. The summed E-state index contributed by atoms with van der Waals surface area (Å²) in [5, 5.41) is 10.6. The van der Waals surface area contributed by atoms with Gasteiger partial charge in [-0.3, -0.25) is 15.6 Å². The Kier molecular flexibility index (Phi) is 5.72. The highest BCUT2D eigenvalue weighted by molar-refractivity contribution is 5.76. The maximum Gasteiger partial charge on any atom is 0.308 e. The van der Waals surface area contributed by atoms with Crippen molar-refractivity contribution in [2.24, 2.45) is 5.84 Å². The van der Waals surface area contributed by atoms with Gasteiger partial charge in [0, 0.05) is 30.0 Å². The second-order valence-electron chi connectivity index (χ2n) is 9.80. The first kappa shape index (κ1) is 22.0. The molecule has 2 rings (SSSR count). The van der Waals surface area contributed by atoms with Crippen LogP contribution in [-0.2, 0) is 22.0 Å².